The Labute approximate surface area is 232 Å². The van der Waals surface area contributed by atoms with E-state index < -0.39 is 59.8 Å². The van der Waals surface area contributed by atoms with Crippen molar-refractivity contribution in [3.8, 4) is 0 Å². The van der Waals surface area contributed by atoms with Crippen LogP contribution in [0, 0.1) is 0 Å². The van der Waals surface area contributed by atoms with E-state index in [1.165, 1.54) is 10.8 Å². The number of rotatable bonds is 15. The summed E-state index contributed by atoms with van der Waals surface area (Å²) in [7, 11) is 3.00. The average Bonchev–Trinajstić information content (AvgIpc) is 2.75. The van der Waals surface area contributed by atoms with Gasteiger partial charge < -0.3 is 31.6 Å². The van der Waals surface area contributed by atoms with Gasteiger partial charge in [0.25, 0.3) is 0 Å². The van der Waals surface area contributed by atoms with Gasteiger partial charge in [-0.1, -0.05) is 33.6 Å². The van der Waals surface area contributed by atoms with Crippen molar-refractivity contribution in [1.29, 1.82) is 0 Å². The number of ether oxygens (including phenoxy) is 2. The summed E-state index contributed by atoms with van der Waals surface area (Å²) in [6.45, 7) is 11.3. The number of nitrogens with one attached hydrogen (secondary N) is 2. The fraction of sp³-hybridized carbons (Fsp3) is 0.783. The summed E-state index contributed by atoms with van der Waals surface area (Å²) in [5.74, 6) is -0.484. The van der Waals surface area contributed by atoms with E-state index in [0.29, 0.717) is 25.0 Å². The summed E-state index contributed by atoms with van der Waals surface area (Å²) < 4.78 is 10.3. The summed E-state index contributed by atoms with van der Waals surface area (Å²) >= 11 is 0. The number of carbonyl (C=O) groups is 5. The standard InChI is InChI=1S/C23H43N5O8S2/c1-8-37-38-14-16(18(25)30)27-19(31)15(24)11-9-10-12-26-17(29)13-34-28(20(32)35-22(2,3)4)21(33)36-23(5,6)7/h15-16H,8-14,24H2,1-7H3,(H2,25,30)(H,26,29)(H,27,31)/t15-,16-/m0/s1. The fourth-order valence-electron chi connectivity index (χ4n) is 2.48. The van der Waals surface area contributed by atoms with Crippen molar-refractivity contribution in [2.45, 2.75) is 91.0 Å². The Morgan fingerprint density at radius 2 is 1.47 bits per heavy atom. The lowest BCUT2D eigenvalue weighted by molar-refractivity contribution is -0.154. The molecule has 0 aliphatic rings. The minimum atomic E-state index is -1.12. The molecule has 0 saturated heterocycles. The number of amides is 5. The molecule has 5 amide bonds. The molecule has 0 saturated carbocycles. The van der Waals surface area contributed by atoms with Crippen LogP contribution in [-0.2, 0) is 28.7 Å². The van der Waals surface area contributed by atoms with Crippen LogP contribution >= 0.6 is 21.6 Å². The number of nitrogens with zero attached hydrogens (tertiary/aromatic N) is 1. The summed E-state index contributed by atoms with van der Waals surface area (Å²) in [6.07, 6.45) is -0.900. The van der Waals surface area contributed by atoms with E-state index >= 15 is 0 Å². The molecule has 38 heavy (non-hydrogen) atoms. The number of carbonyl (C=O) groups excluding carboxylic acids is 5. The Hall–Kier alpha value is -2.23. The number of unbranched alkanes of at least 4 members (excludes halogenated alkanes) is 1. The van der Waals surface area contributed by atoms with E-state index in [2.05, 4.69) is 10.6 Å². The SMILES string of the molecule is CCSSC[C@H](NC(=O)[C@@H](N)CCCCNC(=O)CON(C(=O)OC(C)(C)C)C(=O)OC(C)(C)C)C(N)=O. The molecule has 0 bridgehead atoms. The van der Waals surface area contributed by atoms with E-state index in [9.17, 15) is 24.0 Å². The van der Waals surface area contributed by atoms with Crippen molar-refractivity contribution in [3.05, 3.63) is 0 Å². The molecule has 6 N–H and O–H groups in total. The molecule has 0 heterocycles. The first-order valence-corrected chi connectivity index (χ1v) is 14.7. The highest BCUT2D eigenvalue weighted by molar-refractivity contribution is 8.76. The molecule has 0 radical (unpaired) electrons. The van der Waals surface area contributed by atoms with Crippen molar-refractivity contribution in [1.82, 2.24) is 15.7 Å². The molecule has 0 unspecified atom stereocenters. The number of primary amides is 1. The number of hydrogen-bond donors (Lipinski definition) is 4. The molecule has 220 valence electrons. The Balaban J connectivity index is 4.56. The maximum atomic E-state index is 12.4. The van der Waals surface area contributed by atoms with Gasteiger partial charge >= 0.3 is 12.2 Å². The molecule has 0 aromatic heterocycles. The van der Waals surface area contributed by atoms with Crippen molar-refractivity contribution < 1.29 is 38.3 Å². The van der Waals surface area contributed by atoms with E-state index in [1.54, 1.807) is 52.3 Å². The summed E-state index contributed by atoms with van der Waals surface area (Å²) in [4.78, 5) is 65.8. The van der Waals surface area contributed by atoms with Crippen LogP contribution in [0.1, 0.15) is 67.7 Å². The molecule has 0 aliphatic heterocycles. The molecular weight excluding hydrogens is 538 g/mol. The molecule has 0 rings (SSSR count). The second kappa shape index (κ2) is 17.4. The zero-order valence-electron chi connectivity index (χ0n) is 23.3. The first kappa shape index (κ1) is 35.8. The maximum absolute atomic E-state index is 12.4. The smallest absolute Gasteiger partial charge is 0.442 e. The number of hydrogen-bond acceptors (Lipinski definition) is 11. The van der Waals surface area contributed by atoms with Crippen LogP contribution in [0.4, 0.5) is 9.59 Å². The van der Waals surface area contributed by atoms with Gasteiger partial charge in [0.1, 0.15) is 17.2 Å². The van der Waals surface area contributed by atoms with Gasteiger partial charge in [0.2, 0.25) is 17.7 Å². The summed E-state index contributed by atoms with van der Waals surface area (Å²) in [5, 5.41) is 5.43. The minimum absolute atomic E-state index is 0.240. The molecule has 0 fully saturated rings. The fourth-order valence-corrected chi connectivity index (χ4v) is 4.33. The second-order valence-corrected chi connectivity index (χ2v) is 12.9. The maximum Gasteiger partial charge on any atom is 0.444 e. The van der Waals surface area contributed by atoms with Gasteiger partial charge in [0, 0.05) is 18.1 Å². The van der Waals surface area contributed by atoms with Crippen LogP contribution in [0.5, 0.6) is 0 Å². The van der Waals surface area contributed by atoms with Gasteiger partial charge in [0.05, 0.1) is 6.04 Å². The quantitative estimate of drug-likeness (QED) is 0.126. The van der Waals surface area contributed by atoms with E-state index in [4.69, 9.17) is 25.8 Å². The average molecular weight is 582 g/mol. The van der Waals surface area contributed by atoms with Gasteiger partial charge in [-0.15, -0.1) is 0 Å². The van der Waals surface area contributed by atoms with Crippen molar-refractivity contribution >= 4 is 51.5 Å². The molecular formula is C23H43N5O8S2. The van der Waals surface area contributed by atoms with Gasteiger partial charge in [-0.05, 0) is 60.8 Å². The highest BCUT2D eigenvalue weighted by atomic mass is 33.1. The summed E-state index contributed by atoms with van der Waals surface area (Å²) in [6, 6.07) is -1.64. The molecule has 13 nitrogen and oxygen atoms in total. The van der Waals surface area contributed by atoms with Crippen LogP contribution in [0.15, 0.2) is 0 Å². The number of imide groups is 1. The van der Waals surface area contributed by atoms with Crippen molar-refractivity contribution in [2.75, 3.05) is 24.7 Å². The third-order valence-corrected chi connectivity index (χ3v) is 6.63. The van der Waals surface area contributed by atoms with Crippen LogP contribution in [-0.4, -0.2) is 82.9 Å². The lowest BCUT2D eigenvalue weighted by Crippen LogP contribution is -2.51. The first-order chi connectivity index (χ1) is 17.5. The molecule has 0 aromatic rings. The predicted molar refractivity (Wildman–Crippen MR) is 147 cm³/mol. The van der Waals surface area contributed by atoms with E-state index in [0.717, 1.165) is 5.75 Å². The predicted octanol–water partition coefficient (Wildman–Crippen LogP) is 2.08. The van der Waals surface area contributed by atoms with E-state index in [-0.39, 0.29) is 11.6 Å². The Morgan fingerprint density at radius 1 is 0.921 bits per heavy atom. The lowest BCUT2D eigenvalue weighted by Gasteiger charge is -2.27. The van der Waals surface area contributed by atoms with Crippen molar-refractivity contribution in [3.63, 3.8) is 0 Å². The van der Waals surface area contributed by atoms with Crippen LogP contribution < -0.4 is 22.1 Å². The van der Waals surface area contributed by atoms with Gasteiger partial charge in [0.15, 0.2) is 6.61 Å². The first-order valence-electron chi connectivity index (χ1n) is 12.2. The highest BCUT2D eigenvalue weighted by Gasteiger charge is 2.33. The summed E-state index contributed by atoms with van der Waals surface area (Å²) in [5.41, 5.74) is 9.44. The largest absolute Gasteiger partial charge is 0.444 e. The topological polar surface area (TPSA) is 192 Å². The van der Waals surface area contributed by atoms with E-state index in [1.807, 2.05) is 6.92 Å². The monoisotopic (exact) mass is 581 g/mol. The minimum Gasteiger partial charge on any atom is -0.442 e. The molecule has 2 atom stereocenters. The highest BCUT2D eigenvalue weighted by Crippen LogP contribution is 2.21. The Bertz CT molecular complexity index is 774. The third-order valence-electron chi connectivity index (χ3n) is 4.14. The zero-order valence-corrected chi connectivity index (χ0v) is 24.9. The van der Waals surface area contributed by atoms with Crippen LogP contribution in [0.25, 0.3) is 0 Å². The van der Waals surface area contributed by atoms with Crippen LogP contribution in [0.2, 0.25) is 0 Å². The molecule has 0 aromatic carbocycles. The Kier molecular flexibility index (Phi) is 16.4. The van der Waals surface area contributed by atoms with Crippen molar-refractivity contribution in [2.24, 2.45) is 11.5 Å². The molecule has 0 spiro atoms. The Morgan fingerprint density at radius 3 is 1.95 bits per heavy atom. The zero-order chi connectivity index (χ0) is 29.5. The molecule has 0 aliphatic carbocycles. The number of hydroxylamine groups is 2. The lowest BCUT2D eigenvalue weighted by atomic mass is 10.1. The van der Waals surface area contributed by atoms with Crippen LogP contribution in [0.3, 0.4) is 0 Å². The normalized spacial score (nSPS) is 13.2. The third kappa shape index (κ3) is 17.3. The van der Waals surface area contributed by atoms with Gasteiger partial charge in [-0.2, -0.15) is 0 Å². The van der Waals surface area contributed by atoms with Gasteiger partial charge in [-0.3, -0.25) is 14.4 Å². The number of nitrogens with two attached hydrogens (primary N) is 2. The molecule has 15 heteroatoms. The van der Waals surface area contributed by atoms with Gasteiger partial charge in [-0.25, -0.2) is 14.4 Å². The second-order valence-electron chi connectivity index (χ2n) is 10.1.